The maximum absolute atomic E-state index is 11.2. The van der Waals surface area contributed by atoms with Crippen molar-refractivity contribution in [3.8, 4) is 0 Å². The largest absolute Gasteiger partial charge is 0.297 e. The maximum Gasteiger partial charge on any atom is 0.161 e. The van der Waals surface area contributed by atoms with Crippen LogP contribution in [0.25, 0.3) is 0 Å². The fourth-order valence-corrected chi connectivity index (χ4v) is 2.40. The van der Waals surface area contributed by atoms with Crippen LogP contribution in [0.15, 0.2) is 0 Å². The number of carbonyl (C=O) groups excluding carboxylic acids is 1. The Labute approximate surface area is 85.3 Å². The number of halogens is 3. The molecule has 1 aliphatic carbocycles. The number of ketones is 1. The predicted molar refractivity (Wildman–Crippen MR) is 52.2 cm³/mol. The molecule has 1 saturated carbocycles. The van der Waals surface area contributed by atoms with Gasteiger partial charge in [0.1, 0.15) is 0 Å². The van der Waals surface area contributed by atoms with Crippen molar-refractivity contribution in [3.63, 3.8) is 0 Å². The van der Waals surface area contributed by atoms with Crippen LogP contribution >= 0.6 is 47.8 Å². The Hall–Kier alpha value is 1.11. The number of carbonyl (C=O) groups is 1. The Balaban J connectivity index is 2.73. The van der Waals surface area contributed by atoms with E-state index < -0.39 is 3.23 Å². The molecule has 58 valence electrons. The molecule has 1 rings (SSSR count). The van der Waals surface area contributed by atoms with Crippen molar-refractivity contribution in [2.45, 2.75) is 27.3 Å². The molecule has 1 fully saturated rings. The first-order valence-electron chi connectivity index (χ1n) is 3.10. The van der Waals surface area contributed by atoms with E-state index >= 15 is 0 Å². The number of hydrogen-bond acceptors (Lipinski definition) is 1. The van der Waals surface area contributed by atoms with Crippen molar-refractivity contribution in [1.82, 2.24) is 0 Å². The van der Waals surface area contributed by atoms with E-state index in [2.05, 4.69) is 47.8 Å². The van der Waals surface area contributed by atoms with Gasteiger partial charge in [-0.3, -0.25) is 4.79 Å². The lowest BCUT2D eigenvalue weighted by Crippen LogP contribution is -2.38. The molecule has 10 heavy (non-hydrogen) atoms. The summed E-state index contributed by atoms with van der Waals surface area (Å²) in [5, 5.41) is 0. The third kappa shape index (κ3) is 1.64. The van der Waals surface area contributed by atoms with Crippen LogP contribution in [0.3, 0.4) is 0 Å². The molecule has 0 bridgehead atoms. The summed E-state index contributed by atoms with van der Waals surface area (Å²) >= 11 is 10.1. The van der Waals surface area contributed by atoms with E-state index in [9.17, 15) is 4.79 Å². The summed E-state index contributed by atoms with van der Waals surface area (Å²) < 4.78 is -0.502. The van der Waals surface area contributed by atoms with Gasteiger partial charge in [0.2, 0.25) is 0 Å². The van der Waals surface area contributed by atoms with E-state index in [1.807, 2.05) is 0 Å². The zero-order valence-corrected chi connectivity index (χ0v) is 10.00. The first kappa shape index (κ1) is 9.20. The Kier molecular flexibility index (Phi) is 2.97. The second-order valence-electron chi connectivity index (χ2n) is 2.41. The third-order valence-corrected chi connectivity index (χ3v) is 5.99. The average Bonchev–Trinajstić information content (AvgIpc) is 1.84. The van der Waals surface area contributed by atoms with Gasteiger partial charge in [-0.05, 0) is 12.8 Å². The van der Waals surface area contributed by atoms with Gasteiger partial charge in [0, 0.05) is 11.2 Å². The molecule has 0 aromatic carbocycles. The minimum Gasteiger partial charge on any atom is -0.297 e. The summed E-state index contributed by atoms with van der Waals surface area (Å²) in [6.45, 7) is 0. The summed E-state index contributed by atoms with van der Waals surface area (Å²) in [5.41, 5.74) is 0. The lowest BCUT2D eigenvalue weighted by molar-refractivity contribution is -0.120. The standard InChI is InChI=1S/C6H7Br3O/c7-4-2-1-3-5(10)6(4,8)9/h4H,1-3H2. The molecule has 0 amide bonds. The highest BCUT2D eigenvalue weighted by molar-refractivity contribution is 9.26. The fraction of sp³-hybridized carbons (Fsp3) is 0.833. The SMILES string of the molecule is O=C1CCCC(Br)C1(Br)Br. The van der Waals surface area contributed by atoms with Crippen LogP contribution in [0.1, 0.15) is 19.3 Å². The molecule has 4 heteroatoms. The molecule has 1 nitrogen and oxygen atoms in total. The summed E-state index contributed by atoms with van der Waals surface area (Å²) in [5.74, 6) is 0.237. The van der Waals surface area contributed by atoms with Crippen LogP contribution in [-0.2, 0) is 4.79 Å². The number of Topliss-reactive ketones (excluding diaryl/α,β-unsaturated/α-hetero) is 1. The number of hydrogen-bond donors (Lipinski definition) is 0. The Morgan fingerprint density at radius 3 is 2.50 bits per heavy atom. The highest BCUT2D eigenvalue weighted by Crippen LogP contribution is 2.42. The number of alkyl halides is 3. The second kappa shape index (κ2) is 3.23. The highest BCUT2D eigenvalue weighted by atomic mass is 79.9. The zero-order valence-electron chi connectivity index (χ0n) is 5.24. The van der Waals surface area contributed by atoms with Crippen molar-refractivity contribution in [2.75, 3.05) is 0 Å². The van der Waals surface area contributed by atoms with Crippen molar-refractivity contribution in [3.05, 3.63) is 0 Å². The molecular formula is C6H7Br3O. The first-order valence-corrected chi connectivity index (χ1v) is 5.60. The molecular weight excluding hydrogens is 328 g/mol. The summed E-state index contributed by atoms with van der Waals surface area (Å²) in [7, 11) is 0. The van der Waals surface area contributed by atoms with Gasteiger partial charge in [-0.1, -0.05) is 47.8 Å². The highest BCUT2D eigenvalue weighted by Gasteiger charge is 2.41. The third-order valence-electron chi connectivity index (χ3n) is 1.63. The van der Waals surface area contributed by atoms with Crippen LogP contribution in [-0.4, -0.2) is 13.8 Å². The van der Waals surface area contributed by atoms with Gasteiger partial charge in [-0.2, -0.15) is 0 Å². The van der Waals surface area contributed by atoms with E-state index in [0.717, 1.165) is 12.8 Å². The van der Waals surface area contributed by atoms with Gasteiger partial charge in [0.05, 0.1) is 0 Å². The fourth-order valence-electron chi connectivity index (χ4n) is 0.964. The molecule has 1 unspecified atom stereocenters. The summed E-state index contributed by atoms with van der Waals surface area (Å²) in [6, 6.07) is 0. The van der Waals surface area contributed by atoms with Crippen LogP contribution in [0.2, 0.25) is 0 Å². The Bertz CT molecular complexity index is 155. The molecule has 0 aromatic heterocycles. The summed E-state index contributed by atoms with van der Waals surface area (Å²) in [4.78, 5) is 11.4. The van der Waals surface area contributed by atoms with Crippen molar-refractivity contribution >= 4 is 53.6 Å². The lowest BCUT2D eigenvalue weighted by Gasteiger charge is -2.29. The molecule has 1 atom stereocenters. The van der Waals surface area contributed by atoms with Crippen molar-refractivity contribution in [2.24, 2.45) is 0 Å². The molecule has 0 saturated heterocycles. The predicted octanol–water partition coefficient (Wildman–Crippen LogP) is 2.99. The minimum atomic E-state index is -0.502. The molecule has 0 spiro atoms. The van der Waals surface area contributed by atoms with Gasteiger partial charge in [-0.15, -0.1) is 0 Å². The Morgan fingerprint density at radius 1 is 1.50 bits per heavy atom. The van der Waals surface area contributed by atoms with E-state index in [1.165, 1.54) is 0 Å². The molecule has 1 aliphatic rings. The monoisotopic (exact) mass is 332 g/mol. The van der Waals surface area contributed by atoms with Gasteiger partial charge in [-0.25, -0.2) is 0 Å². The van der Waals surface area contributed by atoms with E-state index in [0.29, 0.717) is 6.42 Å². The Morgan fingerprint density at radius 2 is 2.10 bits per heavy atom. The molecule has 0 radical (unpaired) electrons. The molecule has 0 aliphatic heterocycles. The number of rotatable bonds is 0. The van der Waals surface area contributed by atoms with Crippen molar-refractivity contribution < 1.29 is 4.79 Å². The van der Waals surface area contributed by atoms with Crippen LogP contribution < -0.4 is 0 Å². The minimum absolute atomic E-state index is 0.223. The van der Waals surface area contributed by atoms with Gasteiger partial charge in [0.15, 0.2) is 9.02 Å². The van der Waals surface area contributed by atoms with Gasteiger partial charge < -0.3 is 0 Å². The van der Waals surface area contributed by atoms with Gasteiger partial charge in [0.25, 0.3) is 0 Å². The van der Waals surface area contributed by atoms with E-state index in [-0.39, 0.29) is 10.6 Å². The molecule has 0 aromatic rings. The molecule has 0 heterocycles. The van der Waals surface area contributed by atoms with Crippen molar-refractivity contribution in [1.29, 1.82) is 0 Å². The first-order chi connectivity index (χ1) is 4.55. The topological polar surface area (TPSA) is 17.1 Å². The summed E-state index contributed by atoms with van der Waals surface area (Å²) in [6.07, 6.45) is 2.72. The van der Waals surface area contributed by atoms with E-state index in [1.54, 1.807) is 0 Å². The normalized spacial score (nSPS) is 32.3. The van der Waals surface area contributed by atoms with Crippen LogP contribution in [0.4, 0.5) is 0 Å². The smallest absolute Gasteiger partial charge is 0.161 e. The average molecular weight is 335 g/mol. The van der Waals surface area contributed by atoms with Gasteiger partial charge >= 0.3 is 0 Å². The zero-order chi connectivity index (χ0) is 7.78. The quantitative estimate of drug-likeness (QED) is 0.622. The lowest BCUT2D eigenvalue weighted by atomic mass is 9.99. The maximum atomic E-state index is 11.2. The second-order valence-corrected chi connectivity index (χ2v) is 7.08. The van der Waals surface area contributed by atoms with Crippen LogP contribution in [0, 0.1) is 0 Å². The van der Waals surface area contributed by atoms with E-state index in [4.69, 9.17) is 0 Å². The molecule has 0 N–H and O–H groups in total. The van der Waals surface area contributed by atoms with Crippen LogP contribution in [0.5, 0.6) is 0 Å².